The van der Waals surface area contributed by atoms with E-state index in [9.17, 15) is 0 Å². The lowest BCUT2D eigenvalue weighted by molar-refractivity contribution is 0.0789. The molecule has 0 saturated carbocycles. The number of hydrogen-bond acceptors (Lipinski definition) is 3. The van der Waals surface area contributed by atoms with Gasteiger partial charge in [0.1, 0.15) is 0 Å². The molecule has 1 aliphatic rings. The summed E-state index contributed by atoms with van der Waals surface area (Å²) in [6, 6.07) is 4.38. The van der Waals surface area contributed by atoms with E-state index in [0.29, 0.717) is 12.0 Å². The summed E-state index contributed by atoms with van der Waals surface area (Å²) in [5.74, 6) is 2.93. The number of rotatable bonds is 21. The van der Waals surface area contributed by atoms with Gasteiger partial charge in [-0.25, -0.2) is 0 Å². The van der Waals surface area contributed by atoms with E-state index in [0.717, 1.165) is 81.0 Å². The number of allylic oxidation sites excluding steroid dienone is 2. The molecule has 4 atom stereocenters. The first-order valence-corrected chi connectivity index (χ1v) is 16.3. The quantitative estimate of drug-likeness (QED) is 0.0862. The molecule has 2 rings (SSSR count). The molecule has 1 heterocycles. The monoisotopic (exact) mass is 552 g/mol. The first-order chi connectivity index (χ1) is 19.3. The number of unbranched alkanes of at least 4 members (excludes halogenated alkanes) is 4. The van der Waals surface area contributed by atoms with Crippen LogP contribution in [0.15, 0.2) is 43.0 Å². The van der Waals surface area contributed by atoms with Crippen LogP contribution in [0, 0.1) is 18.8 Å². The minimum absolute atomic E-state index is 0.111. The Morgan fingerprint density at radius 3 is 2.38 bits per heavy atom. The van der Waals surface area contributed by atoms with E-state index in [1.165, 1.54) is 55.2 Å². The third kappa shape index (κ3) is 11.5. The molecule has 0 aliphatic carbocycles. The van der Waals surface area contributed by atoms with Gasteiger partial charge < -0.3 is 14.2 Å². The molecule has 226 valence electrons. The van der Waals surface area contributed by atoms with Crippen molar-refractivity contribution in [2.75, 3.05) is 13.7 Å². The maximum atomic E-state index is 6.29. The molecular weight excluding hydrogens is 492 g/mol. The lowest BCUT2D eigenvalue weighted by atomic mass is 9.82. The van der Waals surface area contributed by atoms with Gasteiger partial charge in [0.25, 0.3) is 0 Å². The molecule has 0 spiro atoms. The first-order valence-electron chi connectivity index (χ1n) is 16.3. The van der Waals surface area contributed by atoms with Crippen LogP contribution in [0.1, 0.15) is 129 Å². The Kier molecular flexibility index (Phi) is 16.4. The normalized spacial score (nSPS) is 18.9. The molecule has 1 aromatic rings. The van der Waals surface area contributed by atoms with Crippen molar-refractivity contribution in [2.45, 2.75) is 137 Å². The van der Waals surface area contributed by atoms with Gasteiger partial charge in [-0.05, 0) is 111 Å². The Morgan fingerprint density at radius 1 is 1.00 bits per heavy atom. The van der Waals surface area contributed by atoms with Crippen LogP contribution >= 0.6 is 0 Å². The highest BCUT2D eigenvalue weighted by atomic mass is 16.5. The molecule has 1 fully saturated rings. The highest BCUT2D eigenvalue weighted by Gasteiger charge is 2.26. The lowest BCUT2D eigenvalue weighted by Gasteiger charge is -2.25. The molecule has 4 unspecified atom stereocenters. The van der Waals surface area contributed by atoms with Gasteiger partial charge in [-0.1, -0.05) is 78.0 Å². The predicted octanol–water partition coefficient (Wildman–Crippen LogP) is 11.0. The molecular formula is C37H60O3. The molecule has 0 aromatic heterocycles. The third-order valence-corrected chi connectivity index (χ3v) is 8.50. The van der Waals surface area contributed by atoms with Crippen molar-refractivity contribution in [3.63, 3.8) is 0 Å². The number of hydrogen-bond donors (Lipinski definition) is 0. The van der Waals surface area contributed by atoms with Crippen LogP contribution < -0.4 is 9.47 Å². The summed E-state index contributed by atoms with van der Waals surface area (Å²) in [6.45, 7) is 20.5. The highest BCUT2D eigenvalue weighted by Crippen LogP contribution is 2.40. The minimum Gasteiger partial charge on any atom is -0.493 e. The molecule has 0 amide bonds. The predicted molar refractivity (Wildman–Crippen MR) is 174 cm³/mol. The van der Waals surface area contributed by atoms with Crippen LogP contribution in [0.4, 0.5) is 0 Å². The van der Waals surface area contributed by atoms with E-state index in [1.807, 2.05) is 6.08 Å². The lowest BCUT2D eigenvalue weighted by Crippen LogP contribution is -2.12. The molecule has 3 nitrogen and oxygen atoms in total. The average Bonchev–Trinajstić information content (AvgIpc) is 3.38. The number of aryl methyl sites for hydroxylation is 1. The van der Waals surface area contributed by atoms with Gasteiger partial charge >= 0.3 is 0 Å². The van der Waals surface area contributed by atoms with Crippen LogP contribution in [0.2, 0.25) is 0 Å². The number of ether oxygens (including phenoxy) is 3. The van der Waals surface area contributed by atoms with Crippen molar-refractivity contribution >= 4 is 5.57 Å². The average molecular weight is 553 g/mol. The summed E-state index contributed by atoms with van der Waals surface area (Å²) in [5, 5.41) is 0. The Hall–Kier alpha value is -2.00. The van der Waals surface area contributed by atoms with Gasteiger partial charge in [0, 0.05) is 0 Å². The van der Waals surface area contributed by atoms with Crippen LogP contribution in [-0.4, -0.2) is 25.9 Å². The third-order valence-electron chi connectivity index (χ3n) is 8.50. The molecule has 0 bridgehead atoms. The fraction of sp³-hybridized carbons (Fsp3) is 0.676. The maximum absolute atomic E-state index is 6.29. The topological polar surface area (TPSA) is 27.7 Å². The Balaban J connectivity index is 2.21. The smallest absolute Gasteiger partial charge is 0.161 e. The summed E-state index contributed by atoms with van der Waals surface area (Å²) >= 11 is 0. The second-order valence-corrected chi connectivity index (χ2v) is 12.2. The van der Waals surface area contributed by atoms with Crippen molar-refractivity contribution in [1.82, 2.24) is 0 Å². The molecule has 1 aromatic carbocycles. The fourth-order valence-corrected chi connectivity index (χ4v) is 6.00. The first kappa shape index (κ1) is 34.2. The zero-order chi connectivity index (χ0) is 29.3. The molecule has 0 radical (unpaired) electrons. The molecule has 1 aliphatic heterocycles. The Morgan fingerprint density at radius 2 is 1.75 bits per heavy atom. The second kappa shape index (κ2) is 19.2. The van der Waals surface area contributed by atoms with E-state index in [1.54, 1.807) is 7.11 Å². The molecule has 3 heteroatoms. The summed E-state index contributed by atoms with van der Waals surface area (Å²) in [5.41, 5.74) is 4.92. The van der Waals surface area contributed by atoms with E-state index < -0.39 is 0 Å². The largest absolute Gasteiger partial charge is 0.493 e. The van der Waals surface area contributed by atoms with Crippen LogP contribution in [-0.2, 0) is 4.74 Å². The fourth-order valence-electron chi connectivity index (χ4n) is 6.00. The van der Waals surface area contributed by atoms with Gasteiger partial charge in [-0.2, -0.15) is 0 Å². The van der Waals surface area contributed by atoms with Crippen molar-refractivity contribution in [3.05, 3.63) is 54.1 Å². The Labute approximate surface area is 247 Å². The van der Waals surface area contributed by atoms with Crippen molar-refractivity contribution < 1.29 is 14.2 Å². The van der Waals surface area contributed by atoms with Gasteiger partial charge in [-0.3, -0.25) is 0 Å². The summed E-state index contributed by atoms with van der Waals surface area (Å²) in [4.78, 5) is 0. The van der Waals surface area contributed by atoms with E-state index in [-0.39, 0.29) is 6.10 Å². The maximum Gasteiger partial charge on any atom is 0.161 e. The zero-order valence-corrected chi connectivity index (χ0v) is 26.9. The number of benzene rings is 1. The van der Waals surface area contributed by atoms with Gasteiger partial charge in [0.15, 0.2) is 11.5 Å². The molecule has 40 heavy (non-hydrogen) atoms. The SMILES string of the molecule is C=CCCCC(CCC)/C(=C/C(=C)C1CCC(C)O1)c1cc(OC)c(OCCCCC(C)CCCCC)cc1C. The van der Waals surface area contributed by atoms with E-state index >= 15 is 0 Å². The standard InChI is InChI=1S/C37H60O3/c1-9-12-14-19-28(4)20-16-17-24-39-37-26-29(5)33(27-36(37)38-8)34(32(18-11-3)21-15-13-10-2)25-30(6)35-23-22-31(7)40-35/h10,25-28,31-32,35H,2,6,9,11-24H2,1,3-5,7-8H3/b34-25-. The Bertz CT molecular complexity index is 914. The number of methoxy groups -OCH3 is 1. The highest BCUT2D eigenvalue weighted by molar-refractivity contribution is 5.74. The van der Waals surface area contributed by atoms with Crippen molar-refractivity contribution in [3.8, 4) is 11.5 Å². The molecule has 0 N–H and O–H groups in total. The molecule has 1 saturated heterocycles. The van der Waals surface area contributed by atoms with E-state index in [2.05, 4.69) is 66.0 Å². The zero-order valence-electron chi connectivity index (χ0n) is 26.9. The summed E-state index contributed by atoms with van der Waals surface area (Å²) in [6.07, 6.45) is 21.5. The summed E-state index contributed by atoms with van der Waals surface area (Å²) < 4.78 is 18.4. The van der Waals surface area contributed by atoms with Crippen molar-refractivity contribution in [2.24, 2.45) is 11.8 Å². The van der Waals surface area contributed by atoms with Crippen LogP contribution in [0.5, 0.6) is 11.5 Å². The summed E-state index contributed by atoms with van der Waals surface area (Å²) in [7, 11) is 1.75. The van der Waals surface area contributed by atoms with Gasteiger partial charge in [0.05, 0.1) is 25.9 Å². The van der Waals surface area contributed by atoms with E-state index in [4.69, 9.17) is 14.2 Å². The van der Waals surface area contributed by atoms with Crippen LogP contribution in [0.3, 0.4) is 0 Å². The van der Waals surface area contributed by atoms with Crippen molar-refractivity contribution in [1.29, 1.82) is 0 Å². The van der Waals surface area contributed by atoms with Crippen LogP contribution in [0.25, 0.3) is 5.57 Å². The second-order valence-electron chi connectivity index (χ2n) is 12.2. The van der Waals surface area contributed by atoms with Gasteiger partial charge in [0.2, 0.25) is 0 Å². The van der Waals surface area contributed by atoms with Gasteiger partial charge in [-0.15, -0.1) is 6.58 Å². The minimum atomic E-state index is 0.111.